The Morgan fingerprint density at radius 2 is 1.74 bits per heavy atom. The summed E-state index contributed by atoms with van der Waals surface area (Å²) in [5.41, 5.74) is 2.17. The standard InChI is InChI=1S/C27H40FNO2/c1-3-20-8-12-23(13-9-20)24-14-10-22(11-15-24)18-31-27-19(2)16-25(26(28)29-27)30-17-21-6-4-5-7-21/h10,16,20-21,23-24H,3-9,11-15,17-18H2,1-2H3. The average Bonchev–Trinajstić information content (AvgIpc) is 3.32. The number of halogens is 1. The largest absolute Gasteiger partial charge is 0.488 e. The number of allylic oxidation sites excluding steroid dienone is 1. The van der Waals surface area contributed by atoms with E-state index in [-0.39, 0.29) is 5.75 Å². The molecular formula is C27H40FNO2. The molecule has 1 heterocycles. The maximum absolute atomic E-state index is 14.4. The van der Waals surface area contributed by atoms with Gasteiger partial charge in [-0.15, -0.1) is 0 Å². The summed E-state index contributed by atoms with van der Waals surface area (Å²) in [6.45, 7) is 5.36. The SMILES string of the molecule is CCC1CCC(C2CC=C(COc3nc(F)c(OCC4CCCC4)cc3C)CC2)CC1. The highest BCUT2D eigenvalue weighted by atomic mass is 19.1. The lowest BCUT2D eigenvalue weighted by atomic mass is 9.71. The highest BCUT2D eigenvalue weighted by Crippen LogP contribution is 2.40. The normalized spacial score (nSPS) is 27.2. The van der Waals surface area contributed by atoms with E-state index < -0.39 is 5.95 Å². The first-order chi connectivity index (χ1) is 15.1. The third-order valence-corrected chi connectivity index (χ3v) is 8.11. The third-order valence-electron chi connectivity index (χ3n) is 8.11. The molecule has 31 heavy (non-hydrogen) atoms. The van der Waals surface area contributed by atoms with Gasteiger partial charge in [0.15, 0.2) is 5.75 Å². The van der Waals surface area contributed by atoms with E-state index in [0.29, 0.717) is 25.0 Å². The Bertz CT molecular complexity index is 748. The topological polar surface area (TPSA) is 31.4 Å². The molecule has 3 aliphatic rings. The van der Waals surface area contributed by atoms with Crippen LogP contribution in [0.25, 0.3) is 0 Å². The van der Waals surface area contributed by atoms with Crippen molar-refractivity contribution in [1.82, 2.24) is 4.98 Å². The van der Waals surface area contributed by atoms with Crippen molar-refractivity contribution in [3.05, 3.63) is 29.2 Å². The van der Waals surface area contributed by atoms with Crippen LogP contribution in [0.2, 0.25) is 0 Å². The van der Waals surface area contributed by atoms with Gasteiger partial charge in [-0.1, -0.05) is 45.1 Å². The molecule has 0 bridgehead atoms. The van der Waals surface area contributed by atoms with Gasteiger partial charge in [0.25, 0.3) is 5.95 Å². The Labute approximate surface area is 187 Å². The molecule has 172 valence electrons. The maximum Gasteiger partial charge on any atom is 0.258 e. The molecule has 2 fully saturated rings. The number of ether oxygens (including phenoxy) is 2. The second-order valence-electron chi connectivity index (χ2n) is 10.2. The Hall–Kier alpha value is -1.58. The van der Waals surface area contributed by atoms with Crippen LogP contribution < -0.4 is 9.47 Å². The van der Waals surface area contributed by atoms with Crippen molar-refractivity contribution in [3.63, 3.8) is 0 Å². The van der Waals surface area contributed by atoms with E-state index in [9.17, 15) is 4.39 Å². The number of hydrogen-bond donors (Lipinski definition) is 0. The second kappa shape index (κ2) is 10.8. The predicted molar refractivity (Wildman–Crippen MR) is 123 cm³/mol. The summed E-state index contributed by atoms with van der Waals surface area (Å²) < 4.78 is 26.1. The first-order valence-electron chi connectivity index (χ1n) is 12.7. The molecule has 4 rings (SSSR count). The minimum absolute atomic E-state index is 0.259. The molecule has 2 saturated carbocycles. The molecule has 1 aromatic heterocycles. The lowest BCUT2D eigenvalue weighted by molar-refractivity contribution is 0.187. The van der Waals surface area contributed by atoms with Crippen molar-refractivity contribution in [3.8, 4) is 11.6 Å². The van der Waals surface area contributed by atoms with Crippen molar-refractivity contribution in [1.29, 1.82) is 0 Å². The van der Waals surface area contributed by atoms with Gasteiger partial charge in [-0.3, -0.25) is 0 Å². The van der Waals surface area contributed by atoms with Crippen molar-refractivity contribution in [2.24, 2.45) is 23.7 Å². The smallest absolute Gasteiger partial charge is 0.258 e. The Morgan fingerprint density at radius 1 is 0.968 bits per heavy atom. The van der Waals surface area contributed by atoms with E-state index >= 15 is 0 Å². The van der Waals surface area contributed by atoms with E-state index in [1.807, 2.05) is 6.92 Å². The van der Waals surface area contributed by atoms with Crippen molar-refractivity contribution < 1.29 is 13.9 Å². The summed E-state index contributed by atoms with van der Waals surface area (Å²) in [7, 11) is 0. The summed E-state index contributed by atoms with van der Waals surface area (Å²) in [6.07, 6.45) is 17.8. The summed E-state index contributed by atoms with van der Waals surface area (Å²) in [4.78, 5) is 4.06. The first kappa shape index (κ1) is 22.6. The number of aromatic nitrogens is 1. The molecule has 0 amide bonds. The van der Waals surface area contributed by atoms with Gasteiger partial charge in [-0.25, -0.2) is 0 Å². The van der Waals surface area contributed by atoms with Crippen LogP contribution >= 0.6 is 0 Å². The molecule has 1 aromatic rings. The zero-order valence-corrected chi connectivity index (χ0v) is 19.5. The minimum Gasteiger partial charge on any atom is -0.488 e. The Morgan fingerprint density at radius 3 is 2.42 bits per heavy atom. The van der Waals surface area contributed by atoms with Crippen LogP contribution in [0.1, 0.15) is 89.5 Å². The summed E-state index contributed by atoms with van der Waals surface area (Å²) in [5.74, 6) is 3.38. The monoisotopic (exact) mass is 429 g/mol. The van der Waals surface area contributed by atoms with E-state index in [0.717, 1.165) is 29.7 Å². The van der Waals surface area contributed by atoms with Crippen LogP contribution in [0.4, 0.5) is 4.39 Å². The van der Waals surface area contributed by atoms with Gasteiger partial charge in [0.05, 0.1) is 6.61 Å². The molecule has 4 heteroatoms. The average molecular weight is 430 g/mol. The third kappa shape index (κ3) is 6.02. The predicted octanol–water partition coefficient (Wildman–Crippen LogP) is 7.42. The van der Waals surface area contributed by atoms with Gasteiger partial charge < -0.3 is 9.47 Å². The molecule has 0 spiro atoms. The van der Waals surface area contributed by atoms with E-state index in [1.54, 1.807) is 6.07 Å². The summed E-state index contributed by atoms with van der Waals surface area (Å²) in [5, 5.41) is 0. The second-order valence-corrected chi connectivity index (χ2v) is 10.2. The van der Waals surface area contributed by atoms with Crippen LogP contribution in [-0.2, 0) is 0 Å². The van der Waals surface area contributed by atoms with E-state index in [4.69, 9.17) is 9.47 Å². The van der Waals surface area contributed by atoms with Crippen LogP contribution in [0.3, 0.4) is 0 Å². The molecule has 0 saturated heterocycles. The molecule has 3 aliphatic carbocycles. The summed E-state index contributed by atoms with van der Waals surface area (Å²) in [6, 6.07) is 1.74. The highest BCUT2D eigenvalue weighted by molar-refractivity contribution is 5.33. The fourth-order valence-corrected chi connectivity index (χ4v) is 5.88. The minimum atomic E-state index is -0.557. The number of hydrogen-bond acceptors (Lipinski definition) is 3. The zero-order chi connectivity index (χ0) is 21.6. The first-order valence-corrected chi connectivity index (χ1v) is 12.7. The van der Waals surface area contributed by atoms with Crippen LogP contribution in [-0.4, -0.2) is 18.2 Å². The fraction of sp³-hybridized carbons (Fsp3) is 0.741. The molecule has 1 atom stereocenters. The van der Waals surface area contributed by atoms with Crippen LogP contribution in [0, 0.1) is 36.5 Å². The molecule has 0 aromatic carbocycles. The Balaban J connectivity index is 1.25. The quantitative estimate of drug-likeness (QED) is 0.318. The molecule has 1 unspecified atom stereocenters. The van der Waals surface area contributed by atoms with Gasteiger partial charge in [0.1, 0.15) is 6.61 Å². The van der Waals surface area contributed by atoms with Gasteiger partial charge in [-0.2, -0.15) is 9.37 Å². The number of pyridine rings is 1. The molecular weight excluding hydrogens is 389 g/mol. The Kier molecular flexibility index (Phi) is 7.90. The van der Waals surface area contributed by atoms with E-state index in [1.165, 1.54) is 76.2 Å². The van der Waals surface area contributed by atoms with Gasteiger partial charge >= 0.3 is 0 Å². The van der Waals surface area contributed by atoms with Crippen molar-refractivity contribution in [2.45, 2.75) is 90.9 Å². The van der Waals surface area contributed by atoms with Crippen LogP contribution in [0.5, 0.6) is 11.6 Å². The van der Waals surface area contributed by atoms with Gasteiger partial charge in [0.2, 0.25) is 5.88 Å². The zero-order valence-electron chi connectivity index (χ0n) is 19.5. The van der Waals surface area contributed by atoms with Crippen LogP contribution in [0.15, 0.2) is 17.7 Å². The molecule has 0 radical (unpaired) electrons. The number of rotatable bonds is 8. The van der Waals surface area contributed by atoms with Gasteiger partial charge in [-0.05, 0) is 87.2 Å². The van der Waals surface area contributed by atoms with Crippen molar-refractivity contribution >= 4 is 0 Å². The van der Waals surface area contributed by atoms with Crippen molar-refractivity contribution in [2.75, 3.05) is 13.2 Å². The lowest BCUT2D eigenvalue weighted by Crippen LogP contribution is -2.23. The summed E-state index contributed by atoms with van der Waals surface area (Å²) >= 11 is 0. The maximum atomic E-state index is 14.4. The highest BCUT2D eigenvalue weighted by Gasteiger charge is 2.28. The fourth-order valence-electron chi connectivity index (χ4n) is 5.88. The molecule has 0 N–H and O–H groups in total. The number of aryl methyl sites for hydroxylation is 1. The molecule has 0 aliphatic heterocycles. The number of nitrogens with zero attached hydrogens (tertiary/aromatic N) is 1. The van der Waals surface area contributed by atoms with E-state index in [2.05, 4.69) is 18.0 Å². The van der Waals surface area contributed by atoms with Gasteiger partial charge in [0, 0.05) is 5.56 Å². The lowest BCUT2D eigenvalue weighted by Gasteiger charge is -2.35. The molecule has 3 nitrogen and oxygen atoms in total.